The quantitative estimate of drug-likeness (QED) is 0.725. The van der Waals surface area contributed by atoms with Gasteiger partial charge >= 0.3 is 6.09 Å². The zero-order valence-electron chi connectivity index (χ0n) is 17.5. The Balaban J connectivity index is 1.62. The number of nitrogens with zero attached hydrogens (tertiary/aromatic N) is 2. The zero-order chi connectivity index (χ0) is 22.4. The summed E-state index contributed by atoms with van der Waals surface area (Å²) in [5.74, 6) is 0.715. The Kier molecular flexibility index (Phi) is 7.17. The molecule has 166 valence electrons. The van der Waals surface area contributed by atoms with Crippen LogP contribution in [0.3, 0.4) is 0 Å². The van der Waals surface area contributed by atoms with Crippen LogP contribution in [0.15, 0.2) is 42.5 Å². The first-order chi connectivity index (χ1) is 14.9. The van der Waals surface area contributed by atoms with Crippen LogP contribution in [0.4, 0.5) is 14.9 Å². The Hall–Kier alpha value is -3.49. The zero-order valence-corrected chi connectivity index (χ0v) is 17.5. The topological polar surface area (TPSA) is 94.3 Å². The van der Waals surface area contributed by atoms with Crippen LogP contribution in [0.1, 0.15) is 18.1 Å². The van der Waals surface area contributed by atoms with Crippen molar-refractivity contribution in [3.8, 4) is 11.5 Å². The predicted octanol–water partition coefficient (Wildman–Crippen LogP) is 2.72. The summed E-state index contributed by atoms with van der Waals surface area (Å²) in [4.78, 5) is 28.0. The molecule has 0 spiro atoms. The number of ether oxygens (including phenoxy) is 3. The number of anilines is 1. The molecule has 1 aliphatic rings. The maximum absolute atomic E-state index is 13.2. The molecule has 1 saturated heterocycles. The normalized spacial score (nSPS) is 14.7. The van der Waals surface area contributed by atoms with Crippen LogP contribution < -0.4 is 20.1 Å². The van der Waals surface area contributed by atoms with Crippen molar-refractivity contribution in [1.29, 1.82) is 0 Å². The largest absolute Gasteiger partial charge is 0.493 e. The Morgan fingerprint density at radius 2 is 1.65 bits per heavy atom. The highest BCUT2D eigenvalue weighted by atomic mass is 19.1. The molecule has 1 atom stereocenters. The van der Waals surface area contributed by atoms with E-state index in [2.05, 4.69) is 4.90 Å². The lowest BCUT2D eigenvalue weighted by Crippen LogP contribution is -2.49. The number of nitrogens with two attached hydrogens (primary N) is 1. The molecule has 0 bridgehead atoms. The molecule has 1 heterocycles. The summed E-state index contributed by atoms with van der Waals surface area (Å²) in [6.07, 6.45) is -1.92. The molecule has 0 saturated carbocycles. The number of amides is 2. The average Bonchev–Trinajstić information content (AvgIpc) is 2.78. The smallest absolute Gasteiger partial charge is 0.405 e. The third-order valence-corrected chi connectivity index (χ3v) is 5.22. The summed E-state index contributed by atoms with van der Waals surface area (Å²) in [6.45, 7) is 2.30. The lowest BCUT2D eigenvalue weighted by atomic mass is 10.1. The molecule has 31 heavy (non-hydrogen) atoms. The van der Waals surface area contributed by atoms with Crippen LogP contribution in [-0.4, -0.2) is 57.3 Å². The number of hydrogen-bond donors (Lipinski definition) is 1. The van der Waals surface area contributed by atoms with Gasteiger partial charge in [-0.25, -0.2) is 9.18 Å². The Morgan fingerprint density at radius 3 is 2.23 bits per heavy atom. The molecule has 2 amide bonds. The molecule has 2 aromatic rings. The lowest BCUT2D eigenvalue weighted by Gasteiger charge is -2.36. The van der Waals surface area contributed by atoms with Crippen molar-refractivity contribution in [2.75, 3.05) is 45.3 Å². The lowest BCUT2D eigenvalue weighted by molar-refractivity contribution is -0.133. The summed E-state index contributed by atoms with van der Waals surface area (Å²) in [7, 11) is 3.17. The molecule has 1 fully saturated rings. The fourth-order valence-electron chi connectivity index (χ4n) is 3.57. The summed E-state index contributed by atoms with van der Waals surface area (Å²) < 4.78 is 28.9. The van der Waals surface area contributed by atoms with E-state index in [1.54, 1.807) is 19.1 Å². The molecule has 8 nitrogen and oxygen atoms in total. The molecular formula is C22H26FN3O5. The number of benzene rings is 2. The fourth-order valence-corrected chi connectivity index (χ4v) is 3.57. The van der Waals surface area contributed by atoms with E-state index < -0.39 is 18.0 Å². The number of piperazine rings is 1. The molecule has 0 unspecified atom stereocenters. The Bertz CT molecular complexity index is 914. The third kappa shape index (κ3) is 5.56. The van der Waals surface area contributed by atoms with Gasteiger partial charge in [0.05, 0.1) is 20.6 Å². The predicted molar refractivity (Wildman–Crippen MR) is 113 cm³/mol. The van der Waals surface area contributed by atoms with E-state index in [1.807, 2.05) is 18.2 Å². The molecule has 2 N–H and O–H groups in total. The SMILES string of the molecule is COc1ccc(N2CCN(C(=O)C[C@@H](OC(N)=O)c3ccc(F)cc3)CC2)cc1OC. The van der Waals surface area contributed by atoms with E-state index in [-0.39, 0.29) is 12.3 Å². The van der Waals surface area contributed by atoms with Gasteiger partial charge in [-0.05, 0) is 29.8 Å². The maximum atomic E-state index is 13.2. The standard InChI is InChI=1S/C22H26FN3O5/c1-29-18-8-7-17(13-20(18)30-2)25-9-11-26(12-10-25)21(27)14-19(31-22(24)28)15-3-5-16(23)6-4-15/h3-8,13,19H,9-12,14H2,1-2H3,(H2,24,28)/t19-/m1/s1. The van der Waals surface area contributed by atoms with Crippen LogP contribution in [0, 0.1) is 5.82 Å². The molecule has 1 aliphatic heterocycles. The van der Waals surface area contributed by atoms with Crippen molar-refractivity contribution < 1.29 is 28.2 Å². The molecule has 9 heteroatoms. The summed E-state index contributed by atoms with van der Waals surface area (Å²) >= 11 is 0. The molecule has 0 aromatic heterocycles. The second kappa shape index (κ2) is 10.0. The van der Waals surface area contributed by atoms with Gasteiger partial charge in [-0.1, -0.05) is 12.1 Å². The molecule has 0 radical (unpaired) electrons. The van der Waals surface area contributed by atoms with Crippen molar-refractivity contribution in [2.24, 2.45) is 5.73 Å². The van der Waals surface area contributed by atoms with E-state index in [0.29, 0.717) is 43.2 Å². The second-order valence-corrected chi connectivity index (χ2v) is 7.09. The number of hydrogen-bond acceptors (Lipinski definition) is 6. The second-order valence-electron chi connectivity index (χ2n) is 7.09. The van der Waals surface area contributed by atoms with E-state index in [0.717, 1.165) is 5.69 Å². The minimum Gasteiger partial charge on any atom is -0.493 e. The minimum absolute atomic E-state index is 0.0646. The number of methoxy groups -OCH3 is 2. The first-order valence-electron chi connectivity index (χ1n) is 9.87. The molecule has 0 aliphatic carbocycles. The molecule has 2 aromatic carbocycles. The van der Waals surface area contributed by atoms with E-state index in [9.17, 15) is 14.0 Å². The summed E-state index contributed by atoms with van der Waals surface area (Å²) in [5, 5.41) is 0. The highest BCUT2D eigenvalue weighted by Gasteiger charge is 2.26. The Morgan fingerprint density at radius 1 is 1.00 bits per heavy atom. The van der Waals surface area contributed by atoms with Gasteiger partial charge in [0, 0.05) is 37.9 Å². The summed E-state index contributed by atoms with van der Waals surface area (Å²) in [6, 6.07) is 11.2. The van der Waals surface area contributed by atoms with Crippen LogP contribution in [0.25, 0.3) is 0 Å². The first-order valence-corrected chi connectivity index (χ1v) is 9.87. The van der Waals surface area contributed by atoms with Crippen molar-refractivity contribution in [1.82, 2.24) is 4.90 Å². The van der Waals surface area contributed by atoms with Gasteiger partial charge in [0.2, 0.25) is 5.91 Å². The number of primary amides is 1. The van der Waals surface area contributed by atoms with Crippen LogP contribution >= 0.6 is 0 Å². The monoisotopic (exact) mass is 431 g/mol. The number of halogens is 1. The van der Waals surface area contributed by atoms with Crippen LogP contribution in [0.2, 0.25) is 0 Å². The number of carbonyl (C=O) groups excluding carboxylic acids is 2. The van der Waals surface area contributed by atoms with Crippen molar-refractivity contribution in [2.45, 2.75) is 12.5 Å². The van der Waals surface area contributed by atoms with Crippen molar-refractivity contribution in [3.63, 3.8) is 0 Å². The van der Waals surface area contributed by atoms with Crippen LogP contribution in [-0.2, 0) is 9.53 Å². The first kappa shape index (κ1) is 22.2. The van der Waals surface area contributed by atoms with Gasteiger partial charge in [0.1, 0.15) is 11.9 Å². The fraction of sp³-hybridized carbons (Fsp3) is 0.364. The van der Waals surface area contributed by atoms with E-state index in [1.165, 1.54) is 24.3 Å². The molecule has 3 rings (SSSR count). The van der Waals surface area contributed by atoms with Gasteiger partial charge in [-0.15, -0.1) is 0 Å². The van der Waals surface area contributed by atoms with Gasteiger partial charge < -0.3 is 29.7 Å². The van der Waals surface area contributed by atoms with Gasteiger partial charge in [0.25, 0.3) is 0 Å². The van der Waals surface area contributed by atoms with E-state index in [4.69, 9.17) is 19.9 Å². The van der Waals surface area contributed by atoms with E-state index >= 15 is 0 Å². The van der Waals surface area contributed by atoms with Gasteiger partial charge in [-0.3, -0.25) is 4.79 Å². The van der Waals surface area contributed by atoms with Crippen molar-refractivity contribution >= 4 is 17.7 Å². The maximum Gasteiger partial charge on any atom is 0.405 e. The highest BCUT2D eigenvalue weighted by Crippen LogP contribution is 2.32. The minimum atomic E-state index is -0.986. The van der Waals surface area contributed by atoms with Gasteiger partial charge in [-0.2, -0.15) is 0 Å². The van der Waals surface area contributed by atoms with Crippen molar-refractivity contribution in [3.05, 3.63) is 53.8 Å². The summed E-state index contributed by atoms with van der Waals surface area (Å²) in [5.41, 5.74) is 6.65. The number of rotatable bonds is 7. The van der Waals surface area contributed by atoms with Gasteiger partial charge in [0.15, 0.2) is 11.5 Å². The Labute approximate surface area is 180 Å². The number of carbonyl (C=O) groups is 2. The third-order valence-electron chi connectivity index (χ3n) is 5.22. The highest BCUT2D eigenvalue weighted by molar-refractivity contribution is 5.78. The van der Waals surface area contributed by atoms with Crippen LogP contribution in [0.5, 0.6) is 11.5 Å². The average molecular weight is 431 g/mol. The molecular weight excluding hydrogens is 405 g/mol.